The van der Waals surface area contributed by atoms with Crippen LogP contribution in [0.4, 0.5) is 5.69 Å². The molecular formula is C23H21NO4S. The highest BCUT2D eigenvalue weighted by Gasteiger charge is 2.09. The van der Waals surface area contributed by atoms with E-state index in [-0.39, 0.29) is 5.91 Å². The summed E-state index contributed by atoms with van der Waals surface area (Å²) in [4.78, 5) is 25.2. The standard InChI is InChI=1S/C23H21NO4S/c1-27-23(26)18-6-5-7-19(16-18)24-22(25)17-10-12-20(13-11-17)28-14-15-29-21-8-3-2-4-9-21/h2-13,16H,14-15H2,1H3,(H,24,25). The molecule has 1 amide bonds. The molecule has 0 radical (unpaired) electrons. The van der Waals surface area contributed by atoms with Gasteiger partial charge in [0.25, 0.3) is 5.91 Å². The molecule has 29 heavy (non-hydrogen) atoms. The Morgan fingerprint density at radius 2 is 1.66 bits per heavy atom. The molecule has 3 aromatic rings. The molecule has 0 bridgehead atoms. The molecular weight excluding hydrogens is 386 g/mol. The Kier molecular flexibility index (Phi) is 7.30. The predicted octanol–water partition coefficient (Wildman–Crippen LogP) is 4.90. The molecule has 0 aliphatic rings. The topological polar surface area (TPSA) is 64.6 Å². The van der Waals surface area contributed by atoms with Gasteiger partial charge in [-0.15, -0.1) is 11.8 Å². The number of rotatable bonds is 8. The molecule has 3 aromatic carbocycles. The second-order valence-electron chi connectivity index (χ2n) is 6.06. The van der Waals surface area contributed by atoms with Gasteiger partial charge in [0.2, 0.25) is 0 Å². The molecule has 0 heterocycles. The highest BCUT2D eigenvalue weighted by molar-refractivity contribution is 7.99. The average molecular weight is 407 g/mol. The zero-order chi connectivity index (χ0) is 20.5. The first kappa shape index (κ1) is 20.5. The van der Waals surface area contributed by atoms with E-state index in [0.29, 0.717) is 29.2 Å². The molecule has 0 saturated heterocycles. The van der Waals surface area contributed by atoms with Crippen LogP contribution in [0.15, 0.2) is 83.8 Å². The van der Waals surface area contributed by atoms with Crippen molar-refractivity contribution in [2.45, 2.75) is 4.90 Å². The number of esters is 1. The molecule has 0 aliphatic heterocycles. The van der Waals surface area contributed by atoms with Crippen molar-refractivity contribution in [1.82, 2.24) is 0 Å². The van der Waals surface area contributed by atoms with E-state index in [0.717, 1.165) is 5.75 Å². The van der Waals surface area contributed by atoms with Crippen molar-refractivity contribution >= 4 is 29.3 Å². The number of hydrogen-bond acceptors (Lipinski definition) is 5. The first-order valence-corrected chi connectivity index (χ1v) is 10.0. The molecule has 0 atom stereocenters. The zero-order valence-corrected chi connectivity index (χ0v) is 16.8. The van der Waals surface area contributed by atoms with Crippen LogP contribution in [0.1, 0.15) is 20.7 Å². The molecule has 0 aliphatic carbocycles. The van der Waals surface area contributed by atoms with E-state index in [1.165, 1.54) is 12.0 Å². The van der Waals surface area contributed by atoms with Gasteiger partial charge in [0, 0.05) is 21.9 Å². The van der Waals surface area contributed by atoms with Gasteiger partial charge in [-0.25, -0.2) is 4.79 Å². The highest BCUT2D eigenvalue weighted by atomic mass is 32.2. The zero-order valence-electron chi connectivity index (χ0n) is 16.0. The SMILES string of the molecule is COC(=O)c1cccc(NC(=O)c2ccc(OCCSc3ccccc3)cc2)c1. The Bertz CT molecular complexity index is 958. The van der Waals surface area contributed by atoms with E-state index >= 15 is 0 Å². The molecule has 5 nitrogen and oxygen atoms in total. The summed E-state index contributed by atoms with van der Waals surface area (Å²) < 4.78 is 10.4. The maximum atomic E-state index is 12.4. The monoisotopic (exact) mass is 407 g/mol. The first-order chi connectivity index (χ1) is 14.2. The Labute approximate surface area is 174 Å². The van der Waals surface area contributed by atoms with Crippen molar-refractivity contribution in [3.8, 4) is 5.75 Å². The lowest BCUT2D eigenvalue weighted by Gasteiger charge is -2.09. The van der Waals surface area contributed by atoms with E-state index in [1.807, 2.05) is 18.2 Å². The number of carbonyl (C=O) groups is 2. The summed E-state index contributed by atoms with van der Waals surface area (Å²) in [5.41, 5.74) is 1.40. The number of nitrogens with one attached hydrogen (secondary N) is 1. The molecule has 0 spiro atoms. The van der Waals surface area contributed by atoms with Crippen LogP contribution in [-0.4, -0.2) is 31.3 Å². The van der Waals surface area contributed by atoms with E-state index in [1.54, 1.807) is 60.3 Å². The summed E-state index contributed by atoms with van der Waals surface area (Å²) in [6.45, 7) is 0.575. The van der Waals surface area contributed by atoms with Crippen LogP contribution in [0.25, 0.3) is 0 Å². The summed E-state index contributed by atoms with van der Waals surface area (Å²) in [5.74, 6) is 0.831. The highest BCUT2D eigenvalue weighted by Crippen LogP contribution is 2.19. The van der Waals surface area contributed by atoms with Gasteiger partial charge in [0.05, 0.1) is 19.3 Å². The normalized spacial score (nSPS) is 10.2. The summed E-state index contributed by atoms with van der Waals surface area (Å²) in [6.07, 6.45) is 0. The fraction of sp³-hybridized carbons (Fsp3) is 0.130. The van der Waals surface area contributed by atoms with E-state index in [4.69, 9.17) is 9.47 Å². The Balaban J connectivity index is 1.50. The van der Waals surface area contributed by atoms with Crippen LogP contribution in [-0.2, 0) is 4.74 Å². The van der Waals surface area contributed by atoms with E-state index < -0.39 is 5.97 Å². The van der Waals surface area contributed by atoms with Gasteiger partial charge in [-0.2, -0.15) is 0 Å². The molecule has 0 fully saturated rings. The maximum Gasteiger partial charge on any atom is 0.337 e. The fourth-order valence-electron chi connectivity index (χ4n) is 2.58. The van der Waals surface area contributed by atoms with Crippen molar-refractivity contribution in [2.24, 2.45) is 0 Å². The van der Waals surface area contributed by atoms with Crippen molar-refractivity contribution < 1.29 is 19.1 Å². The second-order valence-corrected chi connectivity index (χ2v) is 7.23. The number of thioether (sulfide) groups is 1. The van der Waals surface area contributed by atoms with Gasteiger partial charge < -0.3 is 14.8 Å². The molecule has 6 heteroatoms. The van der Waals surface area contributed by atoms with Crippen LogP contribution >= 0.6 is 11.8 Å². The average Bonchev–Trinajstić information content (AvgIpc) is 2.77. The molecule has 0 saturated carbocycles. The van der Waals surface area contributed by atoms with Gasteiger partial charge in [-0.3, -0.25) is 4.79 Å². The molecule has 3 rings (SSSR count). The molecule has 148 valence electrons. The number of amides is 1. The largest absolute Gasteiger partial charge is 0.493 e. The van der Waals surface area contributed by atoms with Gasteiger partial charge in [-0.1, -0.05) is 24.3 Å². The van der Waals surface area contributed by atoms with Gasteiger partial charge in [0.1, 0.15) is 5.75 Å². The van der Waals surface area contributed by atoms with Gasteiger partial charge >= 0.3 is 5.97 Å². The minimum Gasteiger partial charge on any atom is -0.493 e. The maximum absolute atomic E-state index is 12.4. The molecule has 1 N–H and O–H groups in total. The molecule has 0 unspecified atom stereocenters. The minimum atomic E-state index is -0.451. The second kappa shape index (κ2) is 10.3. The van der Waals surface area contributed by atoms with Gasteiger partial charge in [-0.05, 0) is 54.6 Å². The third kappa shape index (κ3) is 6.12. The van der Waals surface area contributed by atoms with Crippen LogP contribution in [0.2, 0.25) is 0 Å². The summed E-state index contributed by atoms with van der Waals surface area (Å²) in [5, 5.41) is 2.78. The Hall–Kier alpha value is -3.25. The van der Waals surface area contributed by atoms with Crippen LogP contribution in [0.3, 0.4) is 0 Å². The Morgan fingerprint density at radius 3 is 2.38 bits per heavy atom. The lowest BCUT2D eigenvalue weighted by atomic mass is 10.1. The number of benzene rings is 3. The van der Waals surface area contributed by atoms with Crippen LogP contribution in [0, 0.1) is 0 Å². The predicted molar refractivity (Wildman–Crippen MR) is 115 cm³/mol. The fourth-order valence-corrected chi connectivity index (χ4v) is 3.34. The summed E-state index contributed by atoms with van der Waals surface area (Å²) in [7, 11) is 1.32. The van der Waals surface area contributed by atoms with E-state index in [2.05, 4.69) is 17.4 Å². The van der Waals surface area contributed by atoms with E-state index in [9.17, 15) is 9.59 Å². The molecule has 0 aromatic heterocycles. The number of hydrogen-bond donors (Lipinski definition) is 1. The summed E-state index contributed by atoms with van der Waals surface area (Å²) in [6, 6.07) is 23.7. The van der Waals surface area contributed by atoms with Crippen molar-refractivity contribution in [1.29, 1.82) is 0 Å². The van der Waals surface area contributed by atoms with Crippen LogP contribution in [0.5, 0.6) is 5.75 Å². The number of carbonyl (C=O) groups excluding carboxylic acids is 2. The number of ether oxygens (including phenoxy) is 2. The van der Waals surface area contributed by atoms with Gasteiger partial charge in [0.15, 0.2) is 0 Å². The van der Waals surface area contributed by atoms with Crippen molar-refractivity contribution in [2.75, 3.05) is 24.8 Å². The van der Waals surface area contributed by atoms with Crippen molar-refractivity contribution in [3.05, 3.63) is 90.0 Å². The minimum absolute atomic E-state index is 0.266. The van der Waals surface area contributed by atoms with Crippen LogP contribution < -0.4 is 10.1 Å². The smallest absolute Gasteiger partial charge is 0.337 e. The van der Waals surface area contributed by atoms with Crippen molar-refractivity contribution in [3.63, 3.8) is 0 Å². The lowest BCUT2D eigenvalue weighted by Crippen LogP contribution is -2.12. The summed E-state index contributed by atoms with van der Waals surface area (Å²) >= 11 is 1.73. The third-order valence-electron chi connectivity index (χ3n) is 4.02. The number of anilines is 1. The first-order valence-electron chi connectivity index (χ1n) is 9.06. The third-order valence-corrected chi connectivity index (χ3v) is 5.00. The number of methoxy groups -OCH3 is 1. The lowest BCUT2D eigenvalue weighted by molar-refractivity contribution is 0.0600. The quantitative estimate of drug-likeness (QED) is 0.327. The Morgan fingerprint density at radius 1 is 0.897 bits per heavy atom.